The van der Waals surface area contributed by atoms with Crippen molar-refractivity contribution >= 4 is 11.8 Å². The summed E-state index contributed by atoms with van der Waals surface area (Å²) in [7, 11) is 1.81. The predicted molar refractivity (Wildman–Crippen MR) is 59.5 cm³/mol. The van der Waals surface area contributed by atoms with Gasteiger partial charge >= 0.3 is 0 Å². The maximum atomic E-state index is 8.66. The smallest absolute Gasteiger partial charge is 0.209 e. The average Bonchev–Trinajstić information content (AvgIpc) is 2.73. The molecule has 0 aliphatic heterocycles. The molecule has 80 valence electrons. The third-order valence-corrected chi connectivity index (χ3v) is 3.11. The molecule has 2 aromatic rings. The Labute approximate surface area is 97.1 Å². The summed E-state index contributed by atoms with van der Waals surface area (Å²) in [6.07, 6.45) is 0. The fourth-order valence-electron chi connectivity index (χ4n) is 1.17. The van der Waals surface area contributed by atoms with Crippen LogP contribution < -0.4 is 0 Å². The predicted octanol–water partition coefficient (Wildman–Crippen LogP) is 1.37. The van der Waals surface area contributed by atoms with Gasteiger partial charge in [-0.05, 0) is 28.1 Å². The zero-order valence-electron chi connectivity index (χ0n) is 8.66. The Morgan fingerprint density at radius 1 is 1.38 bits per heavy atom. The zero-order chi connectivity index (χ0) is 11.4. The largest absolute Gasteiger partial charge is 0.224 e. The van der Waals surface area contributed by atoms with Crippen LogP contribution in [0.15, 0.2) is 29.4 Å². The summed E-state index contributed by atoms with van der Waals surface area (Å²) in [4.78, 5) is 0. The molecule has 0 N–H and O–H groups in total. The summed E-state index contributed by atoms with van der Waals surface area (Å²) >= 11 is 1.56. The van der Waals surface area contributed by atoms with Crippen molar-refractivity contribution in [1.82, 2.24) is 20.2 Å². The molecular formula is C10H9N5S. The van der Waals surface area contributed by atoms with E-state index < -0.39 is 0 Å². The fourth-order valence-corrected chi connectivity index (χ4v) is 1.97. The van der Waals surface area contributed by atoms with E-state index in [2.05, 4.69) is 21.6 Å². The van der Waals surface area contributed by atoms with Crippen molar-refractivity contribution in [2.24, 2.45) is 7.05 Å². The summed E-state index contributed by atoms with van der Waals surface area (Å²) < 4.78 is 1.63. The van der Waals surface area contributed by atoms with Crippen molar-refractivity contribution in [3.8, 4) is 6.07 Å². The molecule has 0 aliphatic carbocycles. The van der Waals surface area contributed by atoms with Gasteiger partial charge in [0.2, 0.25) is 5.16 Å². The second kappa shape index (κ2) is 4.77. The number of thioether (sulfide) groups is 1. The molecule has 5 nitrogen and oxygen atoms in total. The van der Waals surface area contributed by atoms with Crippen LogP contribution in [-0.4, -0.2) is 20.2 Å². The van der Waals surface area contributed by atoms with Crippen LogP contribution >= 0.6 is 11.8 Å². The van der Waals surface area contributed by atoms with Crippen LogP contribution in [0.3, 0.4) is 0 Å². The summed E-state index contributed by atoms with van der Waals surface area (Å²) in [5.74, 6) is 0.792. The van der Waals surface area contributed by atoms with Crippen molar-refractivity contribution < 1.29 is 0 Å². The molecule has 2 rings (SSSR count). The van der Waals surface area contributed by atoms with Crippen molar-refractivity contribution in [2.75, 3.05) is 0 Å². The molecule has 1 aromatic heterocycles. The van der Waals surface area contributed by atoms with Crippen LogP contribution in [0.25, 0.3) is 0 Å². The van der Waals surface area contributed by atoms with E-state index in [1.165, 1.54) is 0 Å². The number of nitrogens with zero attached hydrogens (tertiary/aromatic N) is 5. The molecule has 6 heteroatoms. The molecular weight excluding hydrogens is 222 g/mol. The standard InChI is InChI=1S/C10H9N5S/c1-15-10(12-13-14-15)16-7-9-4-2-8(6-11)3-5-9/h2-5H,7H2,1H3. The van der Waals surface area contributed by atoms with E-state index in [0.29, 0.717) is 5.56 Å². The van der Waals surface area contributed by atoms with Crippen molar-refractivity contribution in [3.05, 3.63) is 35.4 Å². The first-order valence-electron chi connectivity index (χ1n) is 4.64. The molecule has 0 radical (unpaired) electrons. The topological polar surface area (TPSA) is 67.4 Å². The molecule has 1 aromatic carbocycles. The highest BCUT2D eigenvalue weighted by molar-refractivity contribution is 7.98. The maximum Gasteiger partial charge on any atom is 0.209 e. The van der Waals surface area contributed by atoms with Gasteiger partial charge in [0, 0.05) is 12.8 Å². The Morgan fingerprint density at radius 2 is 2.12 bits per heavy atom. The molecule has 0 bridgehead atoms. The van der Waals surface area contributed by atoms with Gasteiger partial charge in [-0.2, -0.15) is 5.26 Å². The summed E-state index contributed by atoms with van der Waals surface area (Å²) in [6, 6.07) is 9.59. The number of tetrazole rings is 1. The highest BCUT2D eigenvalue weighted by Crippen LogP contribution is 2.19. The minimum absolute atomic E-state index is 0.675. The van der Waals surface area contributed by atoms with Crippen molar-refractivity contribution in [3.63, 3.8) is 0 Å². The van der Waals surface area contributed by atoms with E-state index in [-0.39, 0.29) is 0 Å². The van der Waals surface area contributed by atoms with E-state index in [4.69, 9.17) is 5.26 Å². The maximum absolute atomic E-state index is 8.66. The van der Waals surface area contributed by atoms with Gasteiger partial charge in [0.1, 0.15) is 0 Å². The average molecular weight is 231 g/mol. The monoisotopic (exact) mass is 231 g/mol. The molecule has 0 atom stereocenters. The molecule has 0 aliphatic rings. The molecule has 16 heavy (non-hydrogen) atoms. The van der Waals surface area contributed by atoms with Crippen molar-refractivity contribution in [2.45, 2.75) is 10.9 Å². The van der Waals surface area contributed by atoms with Gasteiger partial charge in [0.15, 0.2) is 0 Å². The second-order valence-electron chi connectivity index (χ2n) is 3.18. The van der Waals surface area contributed by atoms with Gasteiger partial charge in [-0.25, -0.2) is 4.68 Å². The molecule has 0 saturated carbocycles. The van der Waals surface area contributed by atoms with Crippen LogP contribution in [-0.2, 0) is 12.8 Å². The van der Waals surface area contributed by atoms with Gasteiger partial charge in [0.25, 0.3) is 0 Å². The molecule has 1 heterocycles. The Morgan fingerprint density at radius 3 is 2.69 bits per heavy atom. The lowest BCUT2D eigenvalue weighted by molar-refractivity contribution is 0.664. The molecule has 0 fully saturated rings. The zero-order valence-corrected chi connectivity index (χ0v) is 9.48. The molecule has 0 amide bonds. The Hall–Kier alpha value is -1.87. The number of aryl methyl sites for hydroxylation is 1. The minimum atomic E-state index is 0.675. The first-order valence-corrected chi connectivity index (χ1v) is 5.62. The highest BCUT2D eigenvalue weighted by atomic mass is 32.2. The minimum Gasteiger partial charge on any atom is -0.224 e. The number of hydrogen-bond donors (Lipinski definition) is 0. The quantitative estimate of drug-likeness (QED) is 0.746. The van der Waals surface area contributed by atoms with Gasteiger partial charge in [-0.15, -0.1) is 5.10 Å². The third-order valence-electron chi connectivity index (χ3n) is 2.03. The Kier molecular flexibility index (Phi) is 3.17. The van der Waals surface area contributed by atoms with Crippen LogP contribution in [0.2, 0.25) is 0 Å². The number of rotatable bonds is 3. The second-order valence-corrected chi connectivity index (χ2v) is 4.12. The van der Waals surface area contributed by atoms with E-state index in [1.54, 1.807) is 23.5 Å². The Bertz CT molecular complexity index is 511. The van der Waals surface area contributed by atoms with Gasteiger partial charge in [-0.1, -0.05) is 23.9 Å². The number of nitriles is 1. The van der Waals surface area contributed by atoms with Gasteiger partial charge in [-0.3, -0.25) is 0 Å². The highest BCUT2D eigenvalue weighted by Gasteiger charge is 2.03. The summed E-state index contributed by atoms with van der Waals surface area (Å²) in [5, 5.41) is 20.6. The lowest BCUT2D eigenvalue weighted by atomic mass is 10.2. The van der Waals surface area contributed by atoms with E-state index >= 15 is 0 Å². The SMILES string of the molecule is Cn1nnnc1SCc1ccc(C#N)cc1. The molecule has 0 saturated heterocycles. The lowest BCUT2D eigenvalue weighted by Gasteiger charge is -1.99. The summed E-state index contributed by atoms with van der Waals surface area (Å²) in [5.41, 5.74) is 1.82. The van der Waals surface area contributed by atoms with Crippen LogP contribution in [0, 0.1) is 11.3 Å². The Balaban J connectivity index is 2.00. The van der Waals surface area contributed by atoms with E-state index in [1.807, 2.05) is 24.3 Å². The fraction of sp³-hybridized carbons (Fsp3) is 0.200. The third kappa shape index (κ3) is 2.38. The van der Waals surface area contributed by atoms with Crippen molar-refractivity contribution in [1.29, 1.82) is 5.26 Å². The normalized spacial score (nSPS) is 10.0. The van der Waals surface area contributed by atoms with E-state index in [9.17, 15) is 0 Å². The van der Waals surface area contributed by atoms with Gasteiger partial charge < -0.3 is 0 Å². The number of benzene rings is 1. The first-order chi connectivity index (χ1) is 7.79. The van der Waals surface area contributed by atoms with Crippen LogP contribution in [0.4, 0.5) is 0 Å². The lowest BCUT2D eigenvalue weighted by Crippen LogP contribution is -1.93. The molecule has 0 unspecified atom stereocenters. The number of aromatic nitrogens is 4. The molecule has 0 spiro atoms. The summed E-state index contributed by atoms with van der Waals surface area (Å²) in [6.45, 7) is 0. The van der Waals surface area contributed by atoms with E-state index in [0.717, 1.165) is 16.5 Å². The van der Waals surface area contributed by atoms with Crippen LogP contribution in [0.1, 0.15) is 11.1 Å². The van der Waals surface area contributed by atoms with Gasteiger partial charge in [0.05, 0.1) is 11.6 Å². The first kappa shape index (κ1) is 10.6. The number of hydrogen-bond acceptors (Lipinski definition) is 5. The van der Waals surface area contributed by atoms with Crippen LogP contribution in [0.5, 0.6) is 0 Å².